The molecule has 1 unspecified atom stereocenters. The van der Waals surface area contributed by atoms with Gasteiger partial charge in [-0.05, 0) is 83.5 Å². The molecule has 1 atom stereocenters. The van der Waals surface area contributed by atoms with Crippen LogP contribution < -0.4 is 11.1 Å². The van der Waals surface area contributed by atoms with E-state index in [1.54, 1.807) is 56.7 Å². The van der Waals surface area contributed by atoms with E-state index in [0.717, 1.165) is 11.6 Å². The van der Waals surface area contributed by atoms with Gasteiger partial charge in [0.1, 0.15) is 5.78 Å². The van der Waals surface area contributed by atoms with E-state index < -0.39 is 23.3 Å². The molecule has 3 aromatic carbocycles. The smallest absolute Gasteiger partial charge is 0.332 e. The summed E-state index contributed by atoms with van der Waals surface area (Å²) in [5, 5.41) is 12.2. The van der Waals surface area contributed by atoms with Crippen molar-refractivity contribution in [2.45, 2.75) is 45.7 Å². The molecule has 0 fully saturated rings. The molecule has 0 bridgehead atoms. The lowest BCUT2D eigenvalue weighted by atomic mass is 9.82. The number of nitrogens with zero attached hydrogens (tertiary/aromatic N) is 4. The largest absolute Gasteiger partial charge is 0.416 e. The van der Waals surface area contributed by atoms with E-state index in [4.69, 9.17) is 23.2 Å². The number of hydrogen-bond acceptors (Lipinski definition) is 5. The van der Waals surface area contributed by atoms with Crippen LogP contribution >= 0.6 is 28.1 Å². The van der Waals surface area contributed by atoms with Gasteiger partial charge in [-0.1, -0.05) is 42.5 Å². The number of rotatable bonds is 10. The number of nitrogens with two attached hydrogens (primary N) is 1. The molecule has 44 heavy (non-hydrogen) atoms. The van der Waals surface area contributed by atoms with Crippen LogP contribution in [0.4, 0.5) is 18.9 Å². The van der Waals surface area contributed by atoms with Crippen LogP contribution in [0.3, 0.4) is 0 Å². The van der Waals surface area contributed by atoms with Crippen LogP contribution in [0.5, 0.6) is 0 Å². The van der Waals surface area contributed by atoms with Crippen molar-refractivity contribution in [3.63, 3.8) is 0 Å². The van der Waals surface area contributed by atoms with Crippen LogP contribution in [0, 0.1) is 16.7 Å². The third-order valence-electron chi connectivity index (χ3n) is 7.41. The lowest BCUT2D eigenvalue weighted by Crippen LogP contribution is -2.57. The Labute approximate surface area is 267 Å². The van der Waals surface area contributed by atoms with Crippen molar-refractivity contribution < 1.29 is 18.0 Å². The first-order valence-electron chi connectivity index (χ1n) is 13.6. The minimum absolute atomic E-state index is 0.0195. The van der Waals surface area contributed by atoms with Gasteiger partial charge in [0.05, 0.1) is 40.8 Å². The molecular weight excluding hydrogens is 653 g/mol. The van der Waals surface area contributed by atoms with Crippen molar-refractivity contribution in [1.82, 2.24) is 14.5 Å². The summed E-state index contributed by atoms with van der Waals surface area (Å²) in [4.78, 5) is 19.5. The van der Waals surface area contributed by atoms with Crippen molar-refractivity contribution in [2.24, 2.45) is 11.1 Å². The van der Waals surface area contributed by atoms with E-state index >= 15 is 0 Å². The number of thiocarbonyl (C=S) groups is 1. The molecule has 1 heterocycles. The van der Waals surface area contributed by atoms with Crippen molar-refractivity contribution in [3.8, 4) is 6.07 Å². The molecule has 0 saturated carbocycles. The number of Topliss-reactive ketones (excluding diaryl/α,β-unsaturated/α-hetero) is 1. The van der Waals surface area contributed by atoms with Crippen LogP contribution in [0.1, 0.15) is 41.8 Å². The Balaban J connectivity index is 1.61. The molecule has 0 aliphatic heterocycles. The normalized spacial score (nSPS) is 12.3. The molecule has 0 aliphatic carbocycles. The molecule has 1 aromatic heterocycles. The Hall–Kier alpha value is -4.05. The van der Waals surface area contributed by atoms with Crippen molar-refractivity contribution in [1.29, 1.82) is 5.26 Å². The predicted molar refractivity (Wildman–Crippen MR) is 170 cm³/mol. The quantitative estimate of drug-likeness (QED) is 0.139. The average molecular weight is 684 g/mol. The average Bonchev–Trinajstić information content (AvgIpc) is 3.42. The SMILES string of the molecule is CC(C)(C(=O)Cc1cncn1Cc1ccc(C#N)cc1)C(N)N(Cc1ccccc1C(F)(F)F)C(=S)Nc1ccccc1Br. The highest BCUT2D eigenvalue weighted by molar-refractivity contribution is 9.10. The lowest BCUT2D eigenvalue weighted by Gasteiger charge is -2.40. The van der Waals surface area contributed by atoms with Crippen molar-refractivity contribution >= 4 is 44.7 Å². The molecule has 3 N–H and O–H groups in total. The monoisotopic (exact) mass is 682 g/mol. The van der Waals surface area contributed by atoms with Gasteiger partial charge in [-0.2, -0.15) is 18.4 Å². The van der Waals surface area contributed by atoms with E-state index in [1.165, 1.54) is 23.1 Å². The van der Waals surface area contributed by atoms with E-state index in [2.05, 4.69) is 32.3 Å². The Bertz CT molecular complexity index is 1680. The second-order valence-electron chi connectivity index (χ2n) is 10.8. The number of halogens is 4. The van der Waals surface area contributed by atoms with Crippen LogP contribution in [0.2, 0.25) is 0 Å². The second kappa shape index (κ2) is 13.7. The minimum Gasteiger partial charge on any atom is -0.332 e. The second-order valence-corrected chi connectivity index (χ2v) is 12.0. The van der Waals surface area contributed by atoms with Gasteiger partial charge in [-0.3, -0.25) is 4.79 Å². The van der Waals surface area contributed by atoms with Crippen molar-refractivity contribution in [3.05, 3.63) is 118 Å². The zero-order valence-corrected chi connectivity index (χ0v) is 26.4. The van der Waals surface area contributed by atoms with Crippen LogP contribution in [-0.2, 0) is 30.5 Å². The summed E-state index contributed by atoms with van der Waals surface area (Å²) >= 11 is 9.15. The number of ketones is 1. The standard InChI is InChI=1S/C32H30BrF3N6OS/c1-31(2,28(43)15-24-17-39-20-41(24)18-22-13-11-21(16-37)12-14-22)29(38)42(30(44)40-27-10-6-5-9-26(27)33)19-23-7-3-4-8-25(23)32(34,35)36/h3-14,17,20,29H,15,18-19,38H2,1-2H3,(H,40,44). The minimum atomic E-state index is -4.59. The number of nitriles is 1. The summed E-state index contributed by atoms with van der Waals surface area (Å²) in [6, 6.07) is 21.6. The number of carbonyl (C=O) groups excluding carboxylic acids is 1. The molecule has 4 rings (SSSR count). The fourth-order valence-corrected chi connectivity index (χ4v) is 5.30. The molecule has 0 radical (unpaired) electrons. The number of anilines is 1. The number of para-hydroxylation sites is 1. The summed E-state index contributed by atoms with van der Waals surface area (Å²) in [6.07, 6.45) is -2.50. The van der Waals surface area contributed by atoms with E-state index in [1.807, 2.05) is 22.8 Å². The number of benzene rings is 3. The van der Waals surface area contributed by atoms with Gasteiger partial charge in [-0.15, -0.1) is 0 Å². The van der Waals surface area contributed by atoms with E-state index in [-0.39, 0.29) is 29.4 Å². The molecule has 0 spiro atoms. The first-order chi connectivity index (χ1) is 20.8. The summed E-state index contributed by atoms with van der Waals surface area (Å²) in [6.45, 7) is 3.46. The van der Waals surface area contributed by atoms with E-state index in [0.29, 0.717) is 28.0 Å². The van der Waals surface area contributed by atoms with E-state index in [9.17, 15) is 18.0 Å². The van der Waals surface area contributed by atoms with Crippen LogP contribution in [-0.4, -0.2) is 31.5 Å². The first-order valence-corrected chi connectivity index (χ1v) is 14.8. The Morgan fingerprint density at radius 1 is 1.11 bits per heavy atom. The molecule has 12 heteroatoms. The predicted octanol–water partition coefficient (Wildman–Crippen LogP) is 6.91. The fraction of sp³-hybridized carbons (Fsp3) is 0.250. The Kier molecular flexibility index (Phi) is 10.2. The number of hydrogen-bond donors (Lipinski definition) is 2. The number of imidazole rings is 1. The summed E-state index contributed by atoms with van der Waals surface area (Å²) in [5.41, 5.74) is 7.35. The van der Waals surface area contributed by atoms with Gasteiger partial charge in [0, 0.05) is 35.9 Å². The highest BCUT2D eigenvalue weighted by Crippen LogP contribution is 2.34. The van der Waals surface area contributed by atoms with Gasteiger partial charge >= 0.3 is 6.18 Å². The summed E-state index contributed by atoms with van der Waals surface area (Å²) in [5.74, 6) is -0.246. The maximum Gasteiger partial charge on any atom is 0.416 e. The summed E-state index contributed by atoms with van der Waals surface area (Å²) < 4.78 is 44.3. The molecule has 4 aromatic rings. The molecule has 7 nitrogen and oxygen atoms in total. The van der Waals surface area contributed by atoms with Gasteiger partial charge < -0.3 is 20.5 Å². The highest BCUT2D eigenvalue weighted by atomic mass is 79.9. The maximum absolute atomic E-state index is 13.9. The highest BCUT2D eigenvalue weighted by Gasteiger charge is 2.40. The maximum atomic E-state index is 13.9. The zero-order valence-electron chi connectivity index (χ0n) is 24.0. The van der Waals surface area contributed by atoms with Gasteiger partial charge in [0.15, 0.2) is 5.11 Å². The first kappa shape index (κ1) is 32.9. The zero-order chi connectivity index (χ0) is 32.1. The Morgan fingerprint density at radius 3 is 2.43 bits per heavy atom. The third kappa shape index (κ3) is 7.72. The molecule has 0 aliphatic rings. The van der Waals surface area contributed by atoms with Crippen molar-refractivity contribution in [2.75, 3.05) is 5.32 Å². The number of carbonyl (C=O) groups is 1. The molecule has 0 saturated heterocycles. The summed E-state index contributed by atoms with van der Waals surface area (Å²) in [7, 11) is 0. The number of aromatic nitrogens is 2. The fourth-order valence-electron chi connectivity index (χ4n) is 4.63. The van der Waals surface area contributed by atoms with Gasteiger partial charge in [0.25, 0.3) is 0 Å². The van der Waals surface area contributed by atoms with Gasteiger partial charge in [-0.25, -0.2) is 4.98 Å². The molecule has 0 amide bonds. The lowest BCUT2D eigenvalue weighted by molar-refractivity contribution is -0.138. The number of alkyl halides is 3. The van der Waals surface area contributed by atoms with Gasteiger partial charge in [0.2, 0.25) is 0 Å². The number of nitrogens with one attached hydrogen (secondary N) is 1. The topological polar surface area (TPSA) is 100.0 Å². The van der Waals surface area contributed by atoms with Crippen LogP contribution in [0.25, 0.3) is 0 Å². The molecular formula is C32H30BrF3N6OS. The van der Waals surface area contributed by atoms with Crippen LogP contribution in [0.15, 0.2) is 89.8 Å². The third-order valence-corrected chi connectivity index (χ3v) is 8.44. The Morgan fingerprint density at radius 2 is 1.77 bits per heavy atom. The molecule has 228 valence electrons.